The van der Waals surface area contributed by atoms with Crippen LogP contribution in [0.2, 0.25) is 0 Å². The summed E-state index contributed by atoms with van der Waals surface area (Å²) in [5.74, 6) is 0.452. The molecule has 2 aromatic rings. The molecular weight excluding hydrogens is 236 g/mol. The minimum atomic E-state index is -0.398. The number of nitrogens with zero attached hydrogens (tertiary/aromatic N) is 1. The van der Waals surface area contributed by atoms with Gasteiger partial charge in [-0.15, -0.1) is 0 Å². The molecule has 0 amide bonds. The molecule has 0 saturated heterocycles. The van der Waals surface area contributed by atoms with Crippen molar-refractivity contribution in [2.24, 2.45) is 0 Å². The van der Waals surface area contributed by atoms with Crippen LogP contribution >= 0.6 is 12.6 Å². The lowest BCUT2D eigenvalue weighted by Crippen LogP contribution is -2.35. The van der Waals surface area contributed by atoms with E-state index in [-0.39, 0.29) is 5.56 Å². The minimum Gasteiger partial charge on any atom is -0.307 e. The molecule has 4 nitrogen and oxygen atoms in total. The third kappa shape index (κ3) is 2.50. The number of hydrogen-bond donors (Lipinski definition) is 2. The highest BCUT2D eigenvalue weighted by Crippen LogP contribution is 2.12. The van der Waals surface area contributed by atoms with Crippen LogP contribution in [-0.4, -0.2) is 15.3 Å². The minimum absolute atomic E-state index is 0.304. The van der Waals surface area contributed by atoms with Gasteiger partial charge in [0.05, 0.1) is 5.69 Å². The lowest BCUT2D eigenvalue weighted by molar-refractivity contribution is 0.682. The van der Waals surface area contributed by atoms with Gasteiger partial charge < -0.3 is 4.98 Å². The van der Waals surface area contributed by atoms with Crippen molar-refractivity contribution in [2.75, 3.05) is 5.75 Å². The molecule has 0 atom stereocenters. The quantitative estimate of drug-likeness (QED) is 0.800. The predicted molar refractivity (Wildman–Crippen MR) is 70.6 cm³/mol. The molecule has 0 spiro atoms. The Morgan fingerprint density at radius 2 is 1.88 bits per heavy atom. The van der Waals surface area contributed by atoms with E-state index in [4.69, 9.17) is 0 Å². The van der Waals surface area contributed by atoms with Crippen LogP contribution in [0.1, 0.15) is 0 Å². The van der Waals surface area contributed by atoms with E-state index >= 15 is 0 Å². The molecule has 0 unspecified atom stereocenters. The van der Waals surface area contributed by atoms with Crippen molar-refractivity contribution in [3.05, 3.63) is 57.2 Å². The van der Waals surface area contributed by atoms with Crippen LogP contribution in [0.5, 0.6) is 0 Å². The molecule has 0 radical (unpaired) electrons. The fourth-order valence-corrected chi connectivity index (χ4v) is 1.81. The first kappa shape index (κ1) is 11.7. The zero-order chi connectivity index (χ0) is 12.3. The van der Waals surface area contributed by atoms with Crippen LogP contribution in [-0.2, 0) is 6.54 Å². The number of aromatic amines is 1. The average Bonchev–Trinajstić information content (AvgIpc) is 2.35. The van der Waals surface area contributed by atoms with Gasteiger partial charge in [-0.05, 0) is 5.56 Å². The van der Waals surface area contributed by atoms with Gasteiger partial charge in [-0.1, -0.05) is 30.3 Å². The predicted octanol–water partition coefficient (Wildman–Crippen LogP) is 1.13. The Kier molecular flexibility index (Phi) is 3.49. The van der Waals surface area contributed by atoms with Gasteiger partial charge in [0, 0.05) is 18.4 Å². The standard InChI is InChI=1S/C12H12N2O2S/c15-11-8-10(9-4-2-1-3-5-9)13-12(16)14(11)6-7-17/h1-5,8,17H,6-7H2,(H,13,16). The fraction of sp³-hybridized carbons (Fsp3) is 0.167. The van der Waals surface area contributed by atoms with Crippen LogP contribution in [0.3, 0.4) is 0 Å². The monoisotopic (exact) mass is 248 g/mol. The number of benzene rings is 1. The number of hydrogen-bond acceptors (Lipinski definition) is 3. The van der Waals surface area contributed by atoms with E-state index in [1.54, 1.807) is 0 Å². The topological polar surface area (TPSA) is 54.9 Å². The maximum absolute atomic E-state index is 11.7. The summed E-state index contributed by atoms with van der Waals surface area (Å²) >= 11 is 4.01. The molecule has 1 aromatic heterocycles. The Morgan fingerprint density at radius 3 is 2.47 bits per heavy atom. The molecule has 0 aliphatic heterocycles. The molecule has 17 heavy (non-hydrogen) atoms. The highest BCUT2D eigenvalue weighted by Gasteiger charge is 2.04. The van der Waals surface area contributed by atoms with Gasteiger partial charge >= 0.3 is 5.69 Å². The molecule has 88 valence electrons. The highest BCUT2D eigenvalue weighted by molar-refractivity contribution is 7.80. The largest absolute Gasteiger partial charge is 0.328 e. The number of aromatic nitrogens is 2. The molecule has 0 aliphatic rings. The van der Waals surface area contributed by atoms with E-state index in [0.717, 1.165) is 10.1 Å². The summed E-state index contributed by atoms with van der Waals surface area (Å²) < 4.78 is 1.14. The van der Waals surface area contributed by atoms with Gasteiger partial charge in [-0.2, -0.15) is 12.6 Å². The third-order valence-electron chi connectivity index (χ3n) is 2.43. The van der Waals surface area contributed by atoms with E-state index in [1.807, 2.05) is 30.3 Å². The zero-order valence-corrected chi connectivity index (χ0v) is 9.98. The number of rotatable bonds is 3. The Morgan fingerprint density at radius 1 is 1.18 bits per heavy atom. The van der Waals surface area contributed by atoms with Crippen LogP contribution < -0.4 is 11.2 Å². The first-order chi connectivity index (χ1) is 8.22. The zero-order valence-electron chi connectivity index (χ0n) is 9.09. The van der Waals surface area contributed by atoms with Crippen LogP contribution in [0.15, 0.2) is 46.0 Å². The highest BCUT2D eigenvalue weighted by atomic mass is 32.1. The van der Waals surface area contributed by atoms with E-state index < -0.39 is 5.69 Å². The number of H-pyrrole nitrogens is 1. The van der Waals surface area contributed by atoms with Crippen molar-refractivity contribution >= 4 is 12.6 Å². The lowest BCUT2D eigenvalue weighted by atomic mass is 10.1. The Balaban J connectivity index is 2.54. The SMILES string of the molecule is O=c1cc(-c2ccccc2)[nH]c(=O)n1CCS. The molecule has 0 bridgehead atoms. The first-order valence-electron chi connectivity index (χ1n) is 5.23. The summed E-state index contributed by atoms with van der Waals surface area (Å²) in [4.78, 5) is 26.1. The summed E-state index contributed by atoms with van der Waals surface area (Å²) in [5, 5.41) is 0. The molecule has 0 aliphatic carbocycles. The van der Waals surface area contributed by atoms with Gasteiger partial charge in [0.25, 0.3) is 5.56 Å². The van der Waals surface area contributed by atoms with Crippen molar-refractivity contribution < 1.29 is 0 Å². The second kappa shape index (κ2) is 5.05. The Hall–Kier alpha value is -1.75. The second-order valence-corrected chi connectivity index (χ2v) is 4.01. The van der Waals surface area contributed by atoms with Crippen molar-refractivity contribution in [1.82, 2.24) is 9.55 Å². The lowest BCUT2D eigenvalue weighted by Gasteiger charge is -2.04. The summed E-state index contributed by atoms with van der Waals surface area (Å²) in [6.45, 7) is 0.312. The van der Waals surface area contributed by atoms with E-state index in [1.165, 1.54) is 6.07 Å². The van der Waals surface area contributed by atoms with Crippen LogP contribution in [0.25, 0.3) is 11.3 Å². The van der Waals surface area contributed by atoms with Gasteiger partial charge in [-0.3, -0.25) is 9.36 Å². The van der Waals surface area contributed by atoms with E-state index in [0.29, 0.717) is 18.0 Å². The molecule has 1 N–H and O–H groups in total. The summed E-state index contributed by atoms with van der Waals surface area (Å²) in [5.41, 5.74) is 0.655. The molecule has 1 aromatic carbocycles. The fourth-order valence-electron chi connectivity index (χ4n) is 1.61. The summed E-state index contributed by atoms with van der Waals surface area (Å²) in [7, 11) is 0. The van der Waals surface area contributed by atoms with Crippen molar-refractivity contribution in [1.29, 1.82) is 0 Å². The smallest absolute Gasteiger partial charge is 0.307 e. The maximum Gasteiger partial charge on any atom is 0.328 e. The number of nitrogens with one attached hydrogen (secondary N) is 1. The third-order valence-corrected chi connectivity index (χ3v) is 2.63. The van der Waals surface area contributed by atoms with Crippen LogP contribution in [0.4, 0.5) is 0 Å². The van der Waals surface area contributed by atoms with Gasteiger partial charge in [0.1, 0.15) is 0 Å². The van der Waals surface area contributed by atoms with Crippen molar-refractivity contribution in [3.63, 3.8) is 0 Å². The molecular formula is C12H12N2O2S. The molecule has 0 saturated carbocycles. The molecule has 2 rings (SSSR count). The average molecular weight is 248 g/mol. The van der Waals surface area contributed by atoms with Gasteiger partial charge in [-0.25, -0.2) is 4.79 Å². The van der Waals surface area contributed by atoms with Gasteiger partial charge in [0.2, 0.25) is 0 Å². The Labute approximate surface area is 103 Å². The van der Waals surface area contributed by atoms with E-state index in [2.05, 4.69) is 17.6 Å². The molecule has 0 fully saturated rings. The van der Waals surface area contributed by atoms with Crippen LogP contribution in [0, 0.1) is 0 Å². The maximum atomic E-state index is 11.7. The summed E-state index contributed by atoms with van der Waals surface area (Å²) in [6, 6.07) is 10.7. The van der Waals surface area contributed by atoms with Crippen molar-refractivity contribution in [2.45, 2.75) is 6.54 Å². The number of thiol groups is 1. The first-order valence-corrected chi connectivity index (χ1v) is 5.86. The van der Waals surface area contributed by atoms with Gasteiger partial charge in [0.15, 0.2) is 0 Å². The van der Waals surface area contributed by atoms with Crippen molar-refractivity contribution in [3.8, 4) is 11.3 Å². The molecule has 5 heteroatoms. The van der Waals surface area contributed by atoms with E-state index in [9.17, 15) is 9.59 Å². The Bertz CT molecular complexity index is 585. The summed E-state index contributed by atoms with van der Waals surface area (Å²) in [6.07, 6.45) is 0. The normalized spacial score (nSPS) is 10.4. The second-order valence-electron chi connectivity index (χ2n) is 3.57. The molecule has 1 heterocycles.